The summed E-state index contributed by atoms with van der Waals surface area (Å²) in [6.07, 6.45) is -1.68. The maximum Gasteiger partial charge on any atom is 0.419 e. The second-order valence-electron chi connectivity index (χ2n) is 8.11. The van der Waals surface area contributed by atoms with Crippen LogP contribution in [0.1, 0.15) is 42.3 Å². The van der Waals surface area contributed by atoms with E-state index in [1.165, 1.54) is 7.11 Å². The molecule has 1 N–H and O–H groups in total. The Balaban J connectivity index is 2.18. The lowest BCUT2D eigenvalue weighted by Crippen LogP contribution is -2.42. The van der Waals surface area contributed by atoms with Crippen molar-refractivity contribution in [1.82, 2.24) is 4.90 Å². The van der Waals surface area contributed by atoms with Crippen LogP contribution in [-0.2, 0) is 20.8 Å². The normalized spacial score (nSPS) is 11.0. The lowest BCUT2D eigenvalue weighted by atomic mass is 9.92. The minimum absolute atomic E-state index is 0.0128. The lowest BCUT2D eigenvalue weighted by molar-refractivity contribution is 0.0166. The van der Waals surface area contributed by atoms with Crippen LogP contribution in [0.4, 0.5) is 9.59 Å². The number of hydrogen-bond donors (Lipinski definition) is 1. The maximum atomic E-state index is 12.3. The molecular weight excluding hydrogens is 414 g/mol. The number of aromatic carboxylic acids is 1. The lowest BCUT2D eigenvalue weighted by Gasteiger charge is -2.25. The number of benzene rings is 2. The van der Waals surface area contributed by atoms with Crippen LogP contribution in [0.3, 0.4) is 0 Å². The molecule has 172 valence electrons. The molecular formula is C24H29NO7. The number of carboxylic acid groups (broad SMARTS) is 1. The molecule has 0 atom stereocenters. The van der Waals surface area contributed by atoms with E-state index in [1.807, 2.05) is 31.2 Å². The van der Waals surface area contributed by atoms with Crippen LogP contribution < -0.4 is 0 Å². The van der Waals surface area contributed by atoms with Gasteiger partial charge in [0.2, 0.25) is 0 Å². The van der Waals surface area contributed by atoms with Gasteiger partial charge in [-0.1, -0.05) is 36.4 Å². The quantitative estimate of drug-likeness (QED) is 0.608. The summed E-state index contributed by atoms with van der Waals surface area (Å²) in [6, 6.07) is 12.5. The number of carbonyl (C=O) groups is 3. The van der Waals surface area contributed by atoms with E-state index in [0.29, 0.717) is 11.1 Å². The Morgan fingerprint density at radius 3 is 2.28 bits per heavy atom. The monoisotopic (exact) mass is 443 g/mol. The summed E-state index contributed by atoms with van der Waals surface area (Å²) in [4.78, 5) is 36.9. The van der Waals surface area contributed by atoms with Crippen molar-refractivity contribution >= 4 is 18.2 Å². The molecule has 0 radical (unpaired) electrons. The van der Waals surface area contributed by atoms with Gasteiger partial charge in [0.1, 0.15) is 5.60 Å². The molecule has 0 heterocycles. The number of imide groups is 1. The van der Waals surface area contributed by atoms with Gasteiger partial charge in [-0.15, -0.1) is 0 Å². The first-order chi connectivity index (χ1) is 15.0. The summed E-state index contributed by atoms with van der Waals surface area (Å²) in [5.74, 6) is -1.04. The van der Waals surface area contributed by atoms with Crippen LogP contribution in [-0.4, -0.2) is 54.0 Å². The fraction of sp³-hybridized carbons (Fsp3) is 0.375. The largest absolute Gasteiger partial charge is 0.478 e. The molecule has 0 saturated carbocycles. The highest BCUT2D eigenvalue weighted by Gasteiger charge is 2.27. The zero-order chi connectivity index (χ0) is 23.9. The third-order valence-electron chi connectivity index (χ3n) is 4.52. The van der Waals surface area contributed by atoms with Crippen molar-refractivity contribution in [1.29, 1.82) is 0 Å². The van der Waals surface area contributed by atoms with Crippen LogP contribution >= 0.6 is 0 Å². The molecule has 2 amide bonds. The number of amides is 2. The Hall–Kier alpha value is -3.39. The van der Waals surface area contributed by atoms with Gasteiger partial charge in [-0.3, -0.25) is 0 Å². The Labute approximate surface area is 187 Å². The average molecular weight is 443 g/mol. The molecule has 0 saturated heterocycles. The molecule has 32 heavy (non-hydrogen) atoms. The minimum Gasteiger partial charge on any atom is -0.478 e. The first-order valence-corrected chi connectivity index (χ1v) is 10.1. The minimum atomic E-state index is -1.04. The van der Waals surface area contributed by atoms with Crippen molar-refractivity contribution < 1.29 is 33.7 Å². The molecule has 8 heteroatoms. The van der Waals surface area contributed by atoms with Crippen LogP contribution in [0.15, 0.2) is 42.5 Å². The average Bonchev–Trinajstić information content (AvgIpc) is 2.72. The fourth-order valence-electron chi connectivity index (χ4n) is 3.09. The zero-order valence-corrected chi connectivity index (χ0v) is 19.0. The maximum absolute atomic E-state index is 12.3. The third kappa shape index (κ3) is 6.55. The van der Waals surface area contributed by atoms with Gasteiger partial charge < -0.3 is 19.3 Å². The Bertz CT molecular complexity index is 979. The third-order valence-corrected chi connectivity index (χ3v) is 4.52. The number of carbonyl (C=O) groups excluding carboxylic acids is 2. The summed E-state index contributed by atoms with van der Waals surface area (Å²) < 4.78 is 15.6. The fourth-order valence-corrected chi connectivity index (χ4v) is 3.09. The Kier molecular flexibility index (Phi) is 8.37. The van der Waals surface area contributed by atoms with E-state index in [2.05, 4.69) is 4.74 Å². The van der Waals surface area contributed by atoms with Crippen LogP contribution in [0.2, 0.25) is 0 Å². The highest BCUT2D eigenvalue weighted by molar-refractivity contribution is 5.97. The van der Waals surface area contributed by atoms with Crippen molar-refractivity contribution in [2.75, 3.05) is 20.3 Å². The number of nitrogens with zero attached hydrogens (tertiary/aromatic N) is 1. The molecule has 0 spiro atoms. The zero-order valence-electron chi connectivity index (χ0n) is 19.0. The number of ether oxygens (including phenoxy) is 3. The Morgan fingerprint density at radius 1 is 1.00 bits per heavy atom. The molecule has 2 aromatic carbocycles. The van der Waals surface area contributed by atoms with Gasteiger partial charge in [-0.25, -0.2) is 19.3 Å². The van der Waals surface area contributed by atoms with Crippen molar-refractivity contribution in [3.63, 3.8) is 0 Å². The second kappa shape index (κ2) is 10.8. The molecule has 2 aromatic rings. The number of hydrogen-bond acceptors (Lipinski definition) is 6. The molecule has 2 rings (SSSR count). The van der Waals surface area contributed by atoms with Gasteiger partial charge in [0.25, 0.3) is 0 Å². The topological polar surface area (TPSA) is 102 Å². The number of aryl methyl sites for hydroxylation is 1. The van der Waals surface area contributed by atoms with Crippen LogP contribution in [0.25, 0.3) is 11.1 Å². The van der Waals surface area contributed by atoms with Crippen molar-refractivity contribution in [3.8, 4) is 11.1 Å². The number of rotatable bonds is 7. The smallest absolute Gasteiger partial charge is 0.419 e. The predicted octanol–water partition coefficient (Wildman–Crippen LogP) is 4.88. The summed E-state index contributed by atoms with van der Waals surface area (Å²) in [6.45, 7) is 7.01. The van der Waals surface area contributed by atoms with Gasteiger partial charge in [0.15, 0.2) is 0 Å². The summed E-state index contributed by atoms with van der Waals surface area (Å²) in [5.41, 5.74) is 2.39. The van der Waals surface area contributed by atoms with E-state index in [1.54, 1.807) is 39.0 Å². The van der Waals surface area contributed by atoms with E-state index in [9.17, 15) is 19.5 Å². The molecule has 0 bridgehead atoms. The standard InChI is InChI=1S/C24H29NO7/c1-16-9-6-7-11-18(16)20-17(10-8-12-19(20)21(26)27)15-31-14-13-25(22(28)30-5)23(29)32-24(2,3)4/h6-12H,13-15H2,1-5H3,(H,26,27). The summed E-state index contributed by atoms with van der Waals surface area (Å²) >= 11 is 0. The van der Waals surface area contributed by atoms with Gasteiger partial charge in [0, 0.05) is 5.56 Å². The highest BCUT2D eigenvalue weighted by Crippen LogP contribution is 2.31. The second-order valence-corrected chi connectivity index (χ2v) is 8.11. The van der Waals surface area contributed by atoms with Crippen LogP contribution in [0.5, 0.6) is 0 Å². The Morgan fingerprint density at radius 2 is 1.69 bits per heavy atom. The van der Waals surface area contributed by atoms with Gasteiger partial charge in [-0.2, -0.15) is 0 Å². The molecule has 8 nitrogen and oxygen atoms in total. The summed E-state index contributed by atoms with van der Waals surface area (Å²) in [7, 11) is 1.17. The number of methoxy groups -OCH3 is 1. The van der Waals surface area contributed by atoms with Gasteiger partial charge >= 0.3 is 18.2 Å². The molecule has 0 aliphatic carbocycles. The summed E-state index contributed by atoms with van der Waals surface area (Å²) in [5, 5.41) is 9.68. The molecule has 0 aliphatic heterocycles. The van der Waals surface area contributed by atoms with E-state index in [0.717, 1.165) is 16.0 Å². The van der Waals surface area contributed by atoms with Crippen molar-refractivity contribution in [3.05, 3.63) is 59.2 Å². The first-order valence-electron chi connectivity index (χ1n) is 10.1. The molecule has 0 aliphatic rings. The first kappa shape index (κ1) is 24.9. The van der Waals surface area contributed by atoms with Crippen molar-refractivity contribution in [2.45, 2.75) is 39.9 Å². The molecule has 0 aromatic heterocycles. The number of carboxylic acids is 1. The SMILES string of the molecule is COC(=O)N(CCOCc1cccc(C(=O)O)c1-c1ccccc1C)C(=O)OC(C)(C)C. The van der Waals surface area contributed by atoms with Crippen molar-refractivity contribution in [2.24, 2.45) is 0 Å². The van der Waals surface area contributed by atoms with Gasteiger partial charge in [0.05, 0.1) is 32.4 Å². The van der Waals surface area contributed by atoms with E-state index >= 15 is 0 Å². The van der Waals surface area contributed by atoms with Crippen LogP contribution in [0, 0.1) is 6.92 Å². The van der Waals surface area contributed by atoms with E-state index in [4.69, 9.17) is 9.47 Å². The van der Waals surface area contributed by atoms with E-state index in [-0.39, 0.29) is 25.3 Å². The highest BCUT2D eigenvalue weighted by atomic mass is 16.6. The molecule has 0 unspecified atom stereocenters. The predicted molar refractivity (Wildman–Crippen MR) is 119 cm³/mol. The molecule has 0 fully saturated rings. The van der Waals surface area contributed by atoms with Gasteiger partial charge in [-0.05, 0) is 50.5 Å². The van der Waals surface area contributed by atoms with E-state index < -0.39 is 23.8 Å².